The first-order valence-corrected chi connectivity index (χ1v) is 10.2. The minimum Gasteiger partial charge on any atom is -0.462 e. The summed E-state index contributed by atoms with van der Waals surface area (Å²) >= 11 is 1.88. The maximum atomic E-state index is 11.6. The van der Waals surface area contributed by atoms with Gasteiger partial charge in [0, 0.05) is 5.57 Å². The lowest BCUT2D eigenvalue weighted by molar-refractivity contribution is -0.140. The van der Waals surface area contributed by atoms with Gasteiger partial charge in [0.2, 0.25) is 0 Å². The van der Waals surface area contributed by atoms with E-state index >= 15 is 0 Å². The summed E-state index contributed by atoms with van der Waals surface area (Å²) in [5.74, 6) is 0.124. The highest BCUT2D eigenvalue weighted by Gasteiger charge is 2.35. The van der Waals surface area contributed by atoms with Crippen molar-refractivity contribution in [1.82, 2.24) is 0 Å². The van der Waals surface area contributed by atoms with Crippen LogP contribution >= 0.6 is 22.6 Å². The summed E-state index contributed by atoms with van der Waals surface area (Å²) in [5.41, 5.74) is 0.516. The molecular formula is C20H31IO4. The third-order valence-electron chi connectivity index (χ3n) is 5.16. The fourth-order valence-corrected chi connectivity index (χ4v) is 3.69. The van der Waals surface area contributed by atoms with Crippen LogP contribution in [-0.4, -0.2) is 25.2 Å². The van der Waals surface area contributed by atoms with Gasteiger partial charge in [-0.3, -0.25) is 0 Å². The molecule has 1 saturated carbocycles. The van der Waals surface area contributed by atoms with Crippen LogP contribution in [-0.2, 0) is 19.1 Å². The van der Waals surface area contributed by atoms with Crippen molar-refractivity contribution in [2.24, 2.45) is 11.3 Å². The topological polar surface area (TPSA) is 52.6 Å². The quantitative estimate of drug-likeness (QED) is 0.249. The van der Waals surface area contributed by atoms with Crippen molar-refractivity contribution in [3.05, 3.63) is 22.3 Å². The van der Waals surface area contributed by atoms with Crippen molar-refractivity contribution in [3.63, 3.8) is 0 Å². The van der Waals surface area contributed by atoms with E-state index in [0.29, 0.717) is 22.4 Å². The number of hydrogen-bond acceptors (Lipinski definition) is 4. The highest BCUT2D eigenvalue weighted by Crippen LogP contribution is 2.45. The molecule has 0 amide bonds. The summed E-state index contributed by atoms with van der Waals surface area (Å²) < 4.78 is 11.0. The molecule has 0 aromatic rings. The summed E-state index contributed by atoms with van der Waals surface area (Å²) in [5, 5.41) is 0. The van der Waals surface area contributed by atoms with Crippen LogP contribution in [0.25, 0.3) is 0 Å². The molecule has 0 bridgehead atoms. The molecule has 1 aliphatic rings. The summed E-state index contributed by atoms with van der Waals surface area (Å²) in [6.07, 6.45) is 8.74. The van der Waals surface area contributed by atoms with Gasteiger partial charge in [-0.1, -0.05) is 32.9 Å². The maximum absolute atomic E-state index is 11.6. The van der Waals surface area contributed by atoms with Crippen LogP contribution in [0.3, 0.4) is 0 Å². The van der Waals surface area contributed by atoms with E-state index in [4.69, 9.17) is 9.47 Å². The molecule has 4 nitrogen and oxygen atoms in total. The first-order chi connectivity index (χ1) is 11.8. The van der Waals surface area contributed by atoms with Crippen molar-refractivity contribution < 1.29 is 19.1 Å². The van der Waals surface area contributed by atoms with Gasteiger partial charge in [0.05, 0.1) is 16.8 Å². The van der Waals surface area contributed by atoms with E-state index in [-0.39, 0.29) is 17.4 Å². The van der Waals surface area contributed by atoms with Crippen LogP contribution in [0.15, 0.2) is 22.3 Å². The van der Waals surface area contributed by atoms with E-state index in [2.05, 4.69) is 20.1 Å². The van der Waals surface area contributed by atoms with Gasteiger partial charge in [0.15, 0.2) is 0 Å². The molecule has 0 unspecified atom stereocenters. The van der Waals surface area contributed by atoms with E-state index < -0.39 is 0 Å². The normalized spacial score (nSPS) is 22.9. The highest BCUT2D eigenvalue weighted by molar-refractivity contribution is 14.1. The SMILES string of the molecule is C=C(C)C(=O)OCCC1(CCOC(=O)C(=C)I)CCC(CCC)CC1. The zero-order valence-electron chi connectivity index (χ0n) is 15.6. The Morgan fingerprint density at radius 3 is 2.04 bits per heavy atom. The zero-order valence-corrected chi connectivity index (χ0v) is 17.7. The Hall–Kier alpha value is -0.850. The summed E-state index contributed by atoms with van der Waals surface area (Å²) in [4.78, 5) is 23.2. The molecule has 0 heterocycles. The van der Waals surface area contributed by atoms with E-state index in [1.54, 1.807) is 6.92 Å². The molecule has 0 aliphatic heterocycles. The van der Waals surface area contributed by atoms with Crippen LogP contribution < -0.4 is 0 Å². The number of esters is 2. The van der Waals surface area contributed by atoms with Crippen molar-refractivity contribution in [2.45, 2.75) is 65.2 Å². The number of carbonyl (C=O) groups excluding carboxylic acids is 2. The van der Waals surface area contributed by atoms with Gasteiger partial charge in [0.25, 0.3) is 0 Å². The van der Waals surface area contributed by atoms with Gasteiger partial charge in [-0.2, -0.15) is 0 Å². The Labute approximate surface area is 165 Å². The molecule has 0 atom stereocenters. The third kappa shape index (κ3) is 7.92. The van der Waals surface area contributed by atoms with Gasteiger partial charge in [0.1, 0.15) is 0 Å². The zero-order chi connectivity index (χ0) is 18.9. The number of halogens is 1. The summed E-state index contributed by atoms with van der Waals surface area (Å²) in [6.45, 7) is 11.9. The van der Waals surface area contributed by atoms with Gasteiger partial charge >= 0.3 is 11.9 Å². The summed E-state index contributed by atoms with van der Waals surface area (Å²) in [7, 11) is 0. The first kappa shape index (κ1) is 22.2. The standard InChI is InChI=1S/C20H31IO4/c1-5-6-17-7-9-20(10-8-17,11-13-24-18(22)15(2)3)12-14-25-19(23)16(4)21/h17H,2,4-14H2,1,3H3. The van der Waals surface area contributed by atoms with Crippen molar-refractivity contribution in [3.8, 4) is 0 Å². The van der Waals surface area contributed by atoms with Crippen LogP contribution in [0.5, 0.6) is 0 Å². The minimum atomic E-state index is -0.343. The number of rotatable bonds is 10. The lowest BCUT2D eigenvalue weighted by atomic mass is 9.66. The minimum absolute atomic E-state index is 0.0898. The fraction of sp³-hybridized carbons (Fsp3) is 0.700. The number of carbonyl (C=O) groups is 2. The van der Waals surface area contributed by atoms with Crippen LogP contribution in [0, 0.1) is 11.3 Å². The molecule has 0 aromatic heterocycles. The monoisotopic (exact) mass is 462 g/mol. The van der Waals surface area contributed by atoms with E-state index in [9.17, 15) is 9.59 Å². The second-order valence-electron chi connectivity index (χ2n) is 7.19. The Morgan fingerprint density at radius 1 is 1.08 bits per heavy atom. The van der Waals surface area contributed by atoms with E-state index in [1.807, 2.05) is 22.6 Å². The molecule has 0 aromatic carbocycles. The smallest absolute Gasteiger partial charge is 0.343 e. The molecule has 142 valence electrons. The molecule has 0 radical (unpaired) electrons. The van der Waals surface area contributed by atoms with Crippen LogP contribution in [0.2, 0.25) is 0 Å². The molecule has 0 N–H and O–H groups in total. The molecule has 25 heavy (non-hydrogen) atoms. The van der Waals surface area contributed by atoms with Gasteiger partial charge < -0.3 is 9.47 Å². The highest BCUT2D eigenvalue weighted by atomic mass is 127. The van der Waals surface area contributed by atoms with Gasteiger partial charge in [-0.25, -0.2) is 9.59 Å². The number of hydrogen-bond donors (Lipinski definition) is 0. The van der Waals surface area contributed by atoms with Gasteiger partial charge in [-0.05, 0) is 79.4 Å². The average molecular weight is 462 g/mol. The van der Waals surface area contributed by atoms with Crippen LogP contribution in [0.4, 0.5) is 0 Å². The second kappa shape index (κ2) is 11.0. The third-order valence-corrected chi connectivity index (χ3v) is 5.60. The Bertz CT molecular complexity index is 456. The maximum Gasteiger partial charge on any atom is 0.343 e. The predicted octanol–water partition coefficient (Wildman–Crippen LogP) is 5.35. The van der Waals surface area contributed by atoms with E-state index in [0.717, 1.165) is 31.6 Å². The molecule has 1 fully saturated rings. The van der Waals surface area contributed by atoms with Crippen molar-refractivity contribution >= 4 is 34.5 Å². The lowest BCUT2D eigenvalue weighted by Crippen LogP contribution is -2.31. The molecule has 0 saturated heterocycles. The Kier molecular flexibility index (Phi) is 9.75. The largest absolute Gasteiger partial charge is 0.462 e. The first-order valence-electron chi connectivity index (χ1n) is 9.14. The molecule has 1 rings (SSSR count). The van der Waals surface area contributed by atoms with Crippen LogP contribution in [0.1, 0.15) is 65.2 Å². The molecule has 5 heteroatoms. The van der Waals surface area contributed by atoms with Gasteiger partial charge in [-0.15, -0.1) is 0 Å². The fourth-order valence-electron chi connectivity index (χ4n) is 3.53. The second-order valence-corrected chi connectivity index (χ2v) is 8.49. The molecular weight excluding hydrogens is 431 g/mol. The predicted molar refractivity (Wildman–Crippen MR) is 108 cm³/mol. The average Bonchev–Trinajstić information content (AvgIpc) is 2.56. The van der Waals surface area contributed by atoms with Crippen molar-refractivity contribution in [2.75, 3.05) is 13.2 Å². The summed E-state index contributed by atoms with van der Waals surface area (Å²) in [6, 6.07) is 0. The molecule has 1 aliphatic carbocycles. The molecule has 0 spiro atoms. The van der Waals surface area contributed by atoms with E-state index in [1.165, 1.54) is 25.7 Å². The Morgan fingerprint density at radius 2 is 1.60 bits per heavy atom. The number of ether oxygens (including phenoxy) is 2. The Balaban J connectivity index is 2.57. The van der Waals surface area contributed by atoms with Crippen molar-refractivity contribution in [1.29, 1.82) is 0 Å². The lowest BCUT2D eigenvalue weighted by Gasteiger charge is -2.40.